The largest absolute Gasteiger partial charge is 0.327 e. The quantitative estimate of drug-likeness (QED) is 0.577. The molecule has 0 aliphatic heterocycles. The number of rotatable bonds is 6. The Balaban J connectivity index is 1.50. The molecule has 7 heteroatoms. The highest BCUT2D eigenvalue weighted by atomic mass is 32.1. The molecular weight excluding hydrogens is 338 g/mol. The Morgan fingerprint density at radius 3 is 1.79 bits per heavy atom. The third kappa shape index (κ3) is 3.06. The van der Waals surface area contributed by atoms with E-state index in [0.717, 1.165) is 23.1 Å². The molecule has 0 fully saturated rings. The van der Waals surface area contributed by atoms with Crippen molar-refractivity contribution in [1.29, 1.82) is 0 Å². The van der Waals surface area contributed by atoms with Crippen molar-refractivity contribution >= 4 is 22.7 Å². The maximum absolute atomic E-state index is 6.44. The molecule has 0 radical (unpaired) electrons. The Hall–Kier alpha value is -2.22. The average Bonchev–Trinajstić information content (AvgIpc) is 3.35. The van der Waals surface area contributed by atoms with Crippen molar-refractivity contribution in [3.63, 3.8) is 0 Å². The predicted octanol–water partition coefficient (Wildman–Crippen LogP) is 3.29. The molecule has 4 aromatic rings. The lowest BCUT2D eigenvalue weighted by atomic mass is 10.1. The third-order valence-electron chi connectivity index (χ3n) is 3.86. The van der Waals surface area contributed by atoms with Gasteiger partial charge in [-0.3, -0.25) is 9.13 Å². The zero-order valence-electron chi connectivity index (χ0n) is 12.9. The fourth-order valence-corrected chi connectivity index (χ4v) is 4.13. The van der Waals surface area contributed by atoms with Crippen molar-refractivity contribution in [3.05, 3.63) is 71.2 Å². The lowest BCUT2D eigenvalue weighted by molar-refractivity contribution is 0.630. The first-order valence-corrected chi connectivity index (χ1v) is 9.45. The van der Waals surface area contributed by atoms with Gasteiger partial charge in [0.1, 0.15) is 0 Å². The molecule has 4 heterocycles. The topological polar surface area (TPSA) is 61.7 Å². The molecule has 4 rings (SSSR count). The van der Waals surface area contributed by atoms with Gasteiger partial charge in [-0.1, -0.05) is 0 Å². The minimum Gasteiger partial charge on any atom is -0.327 e. The molecule has 0 unspecified atom stereocenters. The summed E-state index contributed by atoms with van der Waals surface area (Å²) in [7, 11) is 0. The van der Waals surface area contributed by atoms with E-state index in [-0.39, 0.29) is 6.04 Å². The van der Waals surface area contributed by atoms with E-state index in [2.05, 4.69) is 31.2 Å². The van der Waals surface area contributed by atoms with Crippen molar-refractivity contribution < 1.29 is 0 Å². The zero-order chi connectivity index (χ0) is 16.4. The van der Waals surface area contributed by atoms with Gasteiger partial charge in [0, 0.05) is 65.8 Å². The van der Waals surface area contributed by atoms with E-state index in [4.69, 9.17) is 5.73 Å². The minimum absolute atomic E-state index is 0.0345. The highest BCUT2D eigenvalue weighted by molar-refractivity contribution is 7.12. The molecule has 5 nitrogen and oxygen atoms in total. The SMILES string of the molecule is NC(Cc1cccn1-c1nccs1)Cc1cccn1-c1nccs1. The predicted molar refractivity (Wildman–Crippen MR) is 98.3 cm³/mol. The van der Waals surface area contributed by atoms with Crippen LogP contribution in [0.15, 0.2) is 59.8 Å². The Bertz CT molecular complexity index is 815. The highest BCUT2D eigenvalue weighted by Crippen LogP contribution is 2.19. The molecule has 0 aromatic carbocycles. The molecular formula is C17H17N5S2. The number of thiazole rings is 2. The maximum Gasteiger partial charge on any atom is 0.193 e. The van der Waals surface area contributed by atoms with E-state index in [1.54, 1.807) is 22.7 Å². The van der Waals surface area contributed by atoms with Gasteiger partial charge >= 0.3 is 0 Å². The fourth-order valence-electron chi connectivity index (χ4n) is 2.82. The molecule has 0 atom stereocenters. The maximum atomic E-state index is 6.44. The first kappa shape index (κ1) is 15.3. The molecule has 0 bridgehead atoms. The summed E-state index contributed by atoms with van der Waals surface area (Å²) in [6.07, 6.45) is 9.33. The minimum atomic E-state index is 0.0345. The van der Waals surface area contributed by atoms with E-state index < -0.39 is 0 Å². The van der Waals surface area contributed by atoms with Crippen LogP contribution in [0.2, 0.25) is 0 Å². The van der Waals surface area contributed by atoms with Gasteiger partial charge in [0.15, 0.2) is 10.3 Å². The Morgan fingerprint density at radius 1 is 0.875 bits per heavy atom. The first-order valence-electron chi connectivity index (χ1n) is 7.69. The van der Waals surface area contributed by atoms with Gasteiger partial charge in [-0.15, -0.1) is 22.7 Å². The van der Waals surface area contributed by atoms with Crippen molar-refractivity contribution in [2.45, 2.75) is 18.9 Å². The number of nitrogens with two attached hydrogens (primary N) is 1. The van der Waals surface area contributed by atoms with Crippen molar-refractivity contribution in [1.82, 2.24) is 19.1 Å². The smallest absolute Gasteiger partial charge is 0.193 e. The molecule has 122 valence electrons. The van der Waals surface area contributed by atoms with Gasteiger partial charge in [-0.25, -0.2) is 9.97 Å². The fraction of sp³-hybridized carbons (Fsp3) is 0.176. The number of aromatic nitrogens is 4. The van der Waals surface area contributed by atoms with E-state index in [1.807, 2.05) is 47.7 Å². The van der Waals surface area contributed by atoms with Crippen molar-refractivity contribution in [3.8, 4) is 10.3 Å². The molecule has 4 aromatic heterocycles. The van der Waals surface area contributed by atoms with Gasteiger partial charge in [-0.2, -0.15) is 0 Å². The molecule has 0 amide bonds. The number of hydrogen-bond donors (Lipinski definition) is 1. The number of nitrogens with zero attached hydrogens (tertiary/aromatic N) is 4. The average molecular weight is 355 g/mol. The summed E-state index contributed by atoms with van der Waals surface area (Å²) in [5, 5.41) is 5.93. The Kier molecular flexibility index (Phi) is 4.29. The van der Waals surface area contributed by atoms with Gasteiger partial charge in [0.05, 0.1) is 0 Å². The molecule has 24 heavy (non-hydrogen) atoms. The van der Waals surface area contributed by atoms with Crippen LogP contribution in [0.1, 0.15) is 11.4 Å². The molecule has 0 spiro atoms. The van der Waals surface area contributed by atoms with E-state index in [0.29, 0.717) is 0 Å². The normalized spacial score (nSPS) is 11.4. The lowest BCUT2D eigenvalue weighted by Crippen LogP contribution is -2.27. The molecule has 0 saturated heterocycles. The van der Waals surface area contributed by atoms with Crippen LogP contribution < -0.4 is 5.73 Å². The van der Waals surface area contributed by atoms with Crippen LogP contribution >= 0.6 is 22.7 Å². The second-order valence-electron chi connectivity index (χ2n) is 5.54. The van der Waals surface area contributed by atoms with Crippen molar-refractivity contribution in [2.75, 3.05) is 0 Å². The summed E-state index contributed by atoms with van der Waals surface area (Å²) in [5.41, 5.74) is 8.81. The van der Waals surface area contributed by atoms with Gasteiger partial charge in [-0.05, 0) is 24.3 Å². The second-order valence-corrected chi connectivity index (χ2v) is 7.28. The lowest BCUT2D eigenvalue weighted by Gasteiger charge is -2.14. The van der Waals surface area contributed by atoms with Crippen LogP contribution in [0.4, 0.5) is 0 Å². The Morgan fingerprint density at radius 2 is 1.38 bits per heavy atom. The van der Waals surface area contributed by atoms with Gasteiger partial charge in [0.25, 0.3) is 0 Å². The molecule has 2 N–H and O–H groups in total. The summed E-state index contributed by atoms with van der Waals surface area (Å²) < 4.78 is 4.23. The summed E-state index contributed by atoms with van der Waals surface area (Å²) >= 11 is 3.26. The van der Waals surface area contributed by atoms with Crippen LogP contribution in [0.25, 0.3) is 10.3 Å². The van der Waals surface area contributed by atoms with Crippen LogP contribution in [0, 0.1) is 0 Å². The summed E-state index contributed by atoms with van der Waals surface area (Å²) in [5.74, 6) is 0. The monoisotopic (exact) mass is 355 g/mol. The highest BCUT2D eigenvalue weighted by Gasteiger charge is 2.13. The van der Waals surface area contributed by atoms with Gasteiger partial charge in [0.2, 0.25) is 0 Å². The third-order valence-corrected chi connectivity index (χ3v) is 5.40. The molecule has 0 aliphatic rings. The van der Waals surface area contributed by atoms with E-state index in [1.165, 1.54) is 11.4 Å². The van der Waals surface area contributed by atoms with E-state index >= 15 is 0 Å². The Labute approximate surface area is 148 Å². The van der Waals surface area contributed by atoms with Crippen LogP contribution in [-0.4, -0.2) is 25.1 Å². The standard InChI is InChI=1S/C17H17N5S2/c18-13(11-14-3-1-7-21(14)16-19-5-9-23-16)12-15-4-2-8-22(15)17-20-6-10-24-17/h1-10,13H,11-12,18H2. The molecule has 0 saturated carbocycles. The summed E-state index contributed by atoms with van der Waals surface area (Å²) in [6.45, 7) is 0. The number of hydrogen-bond acceptors (Lipinski definition) is 5. The van der Waals surface area contributed by atoms with Gasteiger partial charge < -0.3 is 5.73 Å². The van der Waals surface area contributed by atoms with Crippen molar-refractivity contribution in [2.24, 2.45) is 5.73 Å². The first-order chi connectivity index (χ1) is 11.8. The summed E-state index contributed by atoms with van der Waals surface area (Å²) in [6, 6.07) is 8.35. The zero-order valence-corrected chi connectivity index (χ0v) is 14.6. The van der Waals surface area contributed by atoms with Crippen LogP contribution in [0.5, 0.6) is 0 Å². The van der Waals surface area contributed by atoms with E-state index in [9.17, 15) is 0 Å². The van der Waals surface area contributed by atoms with Crippen LogP contribution in [-0.2, 0) is 12.8 Å². The molecule has 0 aliphatic carbocycles. The summed E-state index contributed by atoms with van der Waals surface area (Å²) in [4.78, 5) is 8.76. The second kappa shape index (κ2) is 6.72. The van der Waals surface area contributed by atoms with Crippen LogP contribution in [0.3, 0.4) is 0 Å².